The number of amides is 1. The Kier molecular flexibility index (Phi) is 6.40. The van der Waals surface area contributed by atoms with Crippen molar-refractivity contribution >= 4 is 11.7 Å². The van der Waals surface area contributed by atoms with Gasteiger partial charge in [-0.2, -0.15) is 0 Å². The molecule has 1 saturated heterocycles. The normalized spacial score (nSPS) is 13.9. The number of anilines is 1. The first-order valence-corrected chi connectivity index (χ1v) is 10.5. The van der Waals surface area contributed by atoms with E-state index in [4.69, 9.17) is 4.74 Å². The van der Waals surface area contributed by atoms with E-state index in [-0.39, 0.29) is 18.1 Å². The van der Waals surface area contributed by atoms with Crippen molar-refractivity contribution in [2.45, 2.75) is 13.3 Å². The van der Waals surface area contributed by atoms with Gasteiger partial charge in [0.2, 0.25) is 5.91 Å². The minimum absolute atomic E-state index is 0.0540. The lowest BCUT2D eigenvalue weighted by atomic mass is 10.1. The number of piperazine rings is 1. The van der Waals surface area contributed by atoms with Crippen LogP contribution in [0, 0.1) is 5.82 Å². The summed E-state index contributed by atoms with van der Waals surface area (Å²) in [6, 6.07) is 18.1. The zero-order valence-electron chi connectivity index (χ0n) is 17.5. The number of rotatable bonds is 6. The minimum Gasteiger partial charge on any atom is -0.494 e. The molecule has 2 heterocycles. The van der Waals surface area contributed by atoms with Gasteiger partial charge in [0.15, 0.2) is 5.82 Å². The third kappa shape index (κ3) is 4.99. The fourth-order valence-corrected chi connectivity index (χ4v) is 3.64. The molecule has 0 N–H and O–H groups in total. The highest BCUT2D eigenvalue weighted by molar-refractivity contribution is 5.79. The van der Waals surface area contributed by atoms with Gasteiger partial charge in [0.25, 0.3) is 0 Å². The first-order chi connectivity index (χ1) is 15.1. The van der Waals surface area contributed by atoms with Crippen LogP contribution in [-0.2, 0) is 11.2 Å². The van der Waals surface area contributed by atoms with Crippen molar-refractivity contribution in [3.8, 4) is 17.0 Å². The summed E-state index contributed by atoms with van der Waals surface area (Å²) in [6.45, 7) is 5.08. The summed E-state index contributed by atoms with van der Waals surface area (Å²) < 4.78 is 19.3. The van der Waals surface area contributed by atoms with E-state index in [1.165, 1.54) is 6.07 Å². The van der Waals surface area contributed by atoms with E-state index in [1.807, 2.05) is 43.3 Å². The Labute approximate surface area is 181 Å². The molecule has 1 aromatic heterocycles. The molecule has 4 rings (SSSR count). The maximum atomic E-state index is 13.8. The standard InChI is InChI=1S/C24H25FN4O2/c1-2-31-20-9-7-18(8-10-20)22-11-12-23(27-26-22)28-13-15-29(16-14-28)24(30)17-19-5-3-4-6-21(19)25/h3-12H,2,13-17H2,1H3. The molecule has 0 unspecified atom stereocenters. The van der Waals surface area contributed by atoms with Crippen LogP contribution in [0.5, 0.6) is 5.75 Å². The van der Waals surface area contributed by atoms with Crippen LogP contribution in [-0.4, -0.2) is 53.8 Å². The van der Waals surface area contributed by atoms with Gasteiger partial charge in [-0.3, -0.25) is 4.79 Å². The molecule has 1 aliphatic heterocycles. The molecule has 6 nitrogen and oxygen atoms in total. The van der Waals surface area contributed by atoms with E-state index in [2.05, 4.69) is 15.1 Å². The van der Waals surface area contributed by atoms with Gasteiger partial charge in [-0.25, -0.2) is 4.39 Å². The average Bonchev–Trinajstić information content (AvgIpc) is 2.81. The molecular weight excluding hydrogens is 395 g/mol. The Bertz CT molecular complexity index is 1020. The second kappa shape index (κ2) is 9.55. The highest BCUT2D eigenvalue weighted by atomic mass is 19.1. The SMILES string of the molecule is CCOc1ccc(-c2ccc(N3CCN(C(=O)Cc4ccccc4F)CC3)nn2)cc1. The molecule has 0 bridgehead atoms. The molecule has 0 aliphatic carbocycles. The number of carbonyl (C=O) groups is 1. The minimum atomic E-state index is -0.336. The Balaban J connectivity index is 1.33. The number of benzene rings is 2. The summed E-state index contributed by atoms with van der Waals surface area (Å²) in [4.78, 5) is 16.4. The molecule has 2 aromatic carbocycles. The van der Waals surface area contributed by atoms with Crippen LogP contribution in [0.2, 0.25) is 0 Å². The van der Waals surface area contributed by atoms with Crippen LogP contribution in [0.3, 0.4) is 0 Å². The maximum absolute atomic E-state index is 13.8. The lowest BCUT2D eigenvalue weighted by Crippen LogP contribution is -2.49. The summed E-state index contributed by atoms with van der Waals surface area (Å²) in [5, 5.41) is 8.74. The second-order valence-corrected chi connectivity index (χ2v) is 7.37. The van der Waals surface area contributed by atoms with Crippen molar-refractivity contribution in [1.82, 2.24) is 15.1 Å². The molecule has 160 valence electrons. The zero-order chi connectivity index (χ0) is 21.6. The molecule has 7 heteroatoms. The predicted molar refractivity (Wildman–Crippen MR) is 118 cm³/mol. The van der Waals surface area contributed by atoms with E-state index >= 15 is 0 Å². The first-order valence-electron chi connectivity index (χ1n) is 10.5. The Morgan fingerprint density at radius 3 is 2.35 bits per heavy atom. The number of ether oxygens (including phenoxy) is 1. The summed E-state index contributed by atoms with van der Waals surface area (Å²) >= 11 is 0. The van der Waals surface area contributed by atoms with Gasteiger partial charge >= 0.3 is 0 Å². The Hall–Kier alpha value is -3.48. The van der Waals surface area contributed by atoms with Crippen LogP contribution in [0.25, 0.3) is 11.3 Å². The van der Waals surface area contributed by atoms with Crippen molar-refractivity contribution in [1.29, 1.82) is 0 Å². The van der Waals surface area contributed by atoms with E-state index in [0.717, 1.165) is 22.8 Å². The lowest BCUT2D eigenvalue weighted by molar-refractivity contribution is -0.130. The molecule has 1 amide bonds. The third-order valence-electron chi connectivity index (χ3n) is 5.37. The van der Waals surface area contributed by atoms with Crippen LogP contribution >= 0.6 is 0 Å². The topological polar surface area (TPSA) is 58.6 Å². The van der Waals surface area contributed by atoms with E-state index < -0.39 is 0 Å². The van der Waals surface area contributed by atoms with Gasteiger partial charge < -0.3 is 14.5 Å². The van der Waals surface area contributed by atoms with Gasteiger partial charge in [0.1, 0.15) is 11.6 Å². The molecule has 0 radical (unpaired) electrons. The second-order valence-electron chi connectivity index (χ2n) is 7.37. The number of nitrogens with zero attached hydrogens (tertiary/aromatic N) is 4. The predicted octanol–water partition coefficient (Wildman–Crippen LogP) is 3.57. The van der Waals surface area contributed by atoms with Crippen LogP contribution in [0.1, 0.15) is 12.5 Å². The maximum Gasteiger partial charge on any atom is 0.227 e. The Morgan fingerprint density at radius 2 is 1.71 bits per heavy atom. The summed E-state index contributed by atoms with van der Waals surface area (Å²) in [7, 11) is 0. The lowest BCUT2D eigenvalue weighted by Gasteiger charge is -2.35. The number of carbonyl (C=O) groups excluding carboxylic acids is 1. The number of aromatic nitrogens is 2. The number of hydrogen-bond donors (Lipinski definition) is 0. The first kappa shape index (κ1) is 20.8. The van der Waals surface area contributed by atoms with Gasteiger partial charge in [0, 0.05) is 31.7 Å². The third-order valence-corrected chi connectivity index (χ3v) is 5.37. The summed E-state index contributed by atoms with van der Waals surface area (Å²) in [5.41, 5.74) is 2.21. The van der Waals surface area contributed by atoms with E-state index in [1.54, 1.807) is 23.1 Å². The Morgan fingerprint density at radius 1 is 0.968 bits per heavy atom. The van der Waals surface area contributed by atoms with E-state index in [9.17, 15) is 9.18 Å². The van der Waals surface area contributed by atoms with Crippen LogP contribution in [0.15, 0.2) is 60.7 Å². The average molecular weight is 420 g/mol. The van der Waals surface area contributed by atoms with Crippen molar-refractivity contribution in [3.05, 3.63) is 72.0 Å². The van der Waals surface area contributed by atoms with Crippen molar-refractivity contribution in [2.24, 2.45) is 0 Å². The zero-order valence-corrected chi connectivity index (χ0v) is 17.5. The summed E-state index contributed by atoms with van der Waals surface area (Å²) in [5.74, 6) is 1.23. The fraction of sp³-hybridized carbons (Fsp3) is 0.292. The summed E-state index contributed by atoms with van der Waals surface area (Å²) in [6.07, 6.45) is 0.0866. The monoisotopic (exact) mass is 420 g/mol. The molecule has 31 heavy (non-hydrogen) atoms. The van der Waals surface area contributed by atoms with Gasteiger partial charge in [0.05, 0.1) is 18.7 Å². The van der Waals surface area contributed by atoms with Crippen molar-refractivity contribution in [3.63, 3.8) is 0 Å². The van der Waals surface area contributed by atoms with Crippen LogP contribution in [0.4, 0.5) is 10.2 Å². The fourth-order valence-electron chi connectivity index (χ4n) is 3.64. The number of halogens is 1. The van der Waals surface area contributed by atoms with Crippen molar-refractivity contribution in [2.75, 3.05) is 37.7 Å². The molecule has 1 fully saturated rings. The number of hydrogen-bond acceptors (Lipinski definition) is 5. The molecule has 0 spiro atoms. The molecular formula is C24H25FN4O2. The molecule has 3 aromatic rings. The highest BCUT2D eigenvalue weighted by Gasteiger charge is 2.23. The van der Waals surface area contributed by atoms with Gasteiger partial charge in [-0.1, -0.05) is 18.2 Å². The quantitative estimate of drug-likeness (QED) is 0.610. The largest absolute Gasteiger partial charge is 0.494 e. The highest BCUT2D eigenvalue weighted by Crippen LogP contribution is 2.22. The molecule has 1 aliphatic rings. The van der Waals surface area contributed by atoms with Crippen LogP contribution < -0.4 is 9.64 Å². The van der Waals surface area contributed by atoms with Crippen molar-refractivity contribution < 1.29 is 13.9 Å². The van der Waals surface area contributed by atoms with Gasteiger partial charge in [-0.05, 0) is 55.0 Å². The smallest absolute Gasteiger partial charge is 0.227 e. The molecule has 0 atom stereocenters. The molecule has 0 saturated carbocycles. The van der Waals surface area contributed by atoms with E-state index in [0.29, 0.717) is 38.3 Å². The van der Waals surface area contributed by atoms with Gasteiger partial charge in [-0.15, -0.1) is 10.2 Å².